The number of ether oxygens (including phenoxy) is 4. The third kappa shape index (κ3) is 2.90. The van der Waals surface area contributed by atoms with Crippen LogP contribution in [0.25, 0.3) is 0 Å². The van der Waals surface area contributed by atoms with Crippen molar-refractivity contribution in [3.05, 3.63) is 35.9 Å². The molecule has 8 heteroatoms. The van der Waals surface area contributed by atoms with Crippen LogP contribution in [0.15, 0.2) is 30.3 Å². The highest BCUT2D eigenvalue weighted by Gasteiger charge is 2.72. The quantitative estimate of drug-likeness (QED) is 0.425. The molecule has 142 valence electrons. The number of fused-ring (bicyclic) bond motifs is 5. The Morgan fingerprint density at radius 1 is 1.15 bits per heavy atom. The Hall–Kier alpha value is -2.74. The molecule has 2 bridgehead atoms. The molecule has 3 aliphatic rings. The third-order valence-electron chi connectivity index (χ3n) is 5.41. The minimum atomic E-state index is -1.12. The maximum absolute atomic E-state index is 12.2. The summed E-state index contributed by atoms with van der Waals surface area (Å²) in [5.41, 5.74) is -0.696. The lowest BCUT2D eigenvalue weighted by Gasteiger charge is -2.31. The molecule has 0 saturated carbocycles. The van der Waals surface area contributed by atoms with Crippen molar-refractivity contribution in [3.63, 3.8) is 0 Å². The Morgan fingerprint density at radius 3 is 2.59 bits per heavy atom. The van der Waals surface area contributed by atoms with Crippen LogP contribution < -0.4 is 0 Å². The Bertz CT molecular complexity index is 803. The van der Waals surface area contributed by atoms with Crippen molar-refractivity contribution in [3.8, 4) is 0 Å². The van der Waals surface area contributed by atoms with Crippen molar-refractivity contribution in [1.82, 2.24) is 0 Å². The van der Waals surface area contributed by atoms with Crippen LogP contribution in [0.4, 0.5) is 0 Å². The van der Waals surface area contributed by atoms with Crippen LogP contribution >= 0.6 is 0 Å². The number of esters is 4. The summed E-state index contributed by atoms with van der Waals surface area (Å²) < 4.78 is 21.2. The molecule has 8 nitrogen and oxygen atoms in total. The van der Waals surface area contributed by atoms with Gasteiger partial charge >= 0.3 is 23.9 Å². The Morgan fingerprint density at radius 2 is 1.89 bits per heavy atom. The third-order valence-corrected chi connectivity index (χ3v) is 5.41. The fraction of sp³-hybridized carbons (Fsp3) is 0.474. The lowest BCUT2D eigenvalue weighted by molar-refractivity contribution is -0.165. The first-order chi connectivity index (χ1) is 12.9. The first kappa shape index (κ1) is 17.7. The number of cyclic esters (lactones) is 2. The van der Waals surface area contributed by atoms with Gasteiger partial charge in [-0.1, -0.05) is 18.2 Å². The Kier molecular flexibility index (Phi) is 4.22. The van der Waals surface area contributed by atoms with E-state index in [1.165, 1.54) is 6.92 Å². The van der Waals surface area contributed by atoms with E-state index in [0.29, 0.717) is 12.0 Å². The van der Waals surface area contributed by atoms with Gasteiger partial charge in [0, 0.05) is 12.8 Å². The second-order valence-corrected chi connectivity index (χ2v) is 7.10. The summed E-state index contributed by atoms with van der Waals surface area (Å²) in [6.07, 6.45) is -0.288. The van der Waals surface area contributed by atoms with Crippen molar-refractivity contribution in [2.75, 3.05) is 13.2 Å². The van der Waals surface area contributed by atoms with Gasteiger partial charge in [0.1, 0.15) is 24.0 Å². The molecule has 0 radical (unpaired) electrons. The summed E-state index contributed by atoms with van der Waals surface area (Å²) in [5.74, 6) is -4.14. The second kappa shape index (κ2) is 6.45. The van der Waals surface area contributed by atoms with Crippen LogP contribution in [0.2, 0.25) is 0 Å². The number of carbonyl (C=O) groups is 4. The highest BCUT2D eigenvalue weighted by Crippen LogP contribution is 2.57. The molecule has 0 aromatic heterocycles. The molecule has 2 unspecified atom stereocenters. The number of carbonyl (C=O) groups excluding carboxylic acids is 4. The molecule has 3 fully saturated rings. The van der Waals surface area contributed by atoms with Gasteiger partial charge < -0.3 is 18.9 Å². The Labute approximate surface area is 154 Å². The van der Waals surface area contributed by atoms with E-state index in [1.54, 1.807) is 30.3 Å². The molecule has 0 N–H and O–H groups in total. The van der Waals surface area contributed by atoms with E-state index < -0.39 is 47.4 Å². The average Bonchev–Trinajstić information content (AvgIpc) is 3.28. The van der Waals surface area contributed by atoms with Gasteiger partial charge in [0.25, 0.3) is 0 Å². The van der Waals surface area contributed by atoms with Crippen LogP contribution in [-0.2, 0) is 33.3 Å². The zero-order chi connectivity index (χ0) is 19.2. The van der Waals surface area contributed by atoms with Gasteiger partial charge in [0.2, 0.25) is 0 Å². The molecule has 0 amide bonds. The molecule has 3 heterocycles. The van der Waals surface area contributed by atoms with E-state index in [0.717, 1.165) is 0 Å². The van der Waals surface area contributed by atoms with Crippen LogP contribution in [0, 0.1) is 17.8 Å². The fourth-order valence-corrected chi connectivity index (χ4v) is 4.32. The molecular formula is C19H18O8. The normalized spacial score (nSPS) is 33.5. The molecule has 3 saturated heterocycles. The highest BCUT2D eigenvalue weighted by molar-refractivity contribution is 5.98. The summed E-state index contributed by atoms with van der Waals surface area (Å²) in [4.78, 5) is 47.6. The molecule has 0 spiro atoms. The number of hydrogen-bond acceptors (Lipinski definition) is 8. The SMILES string of the molecule is CC(=O)OC[C@@]12C[C@H](COC(=O)c3ccccc3)[C@H](O1)C1C(=O)OC(=O)C12. The number of benzene rings is 1. The largest absolute Gasteiger partial charge is 0.463 e. The molecule has 4 rings (SSSR count). The minimum absolute atomic E-state index is 0.0326. The molecular weight excluding hydrogens is 356 g/mol. The predicted molar refractivity (Wildman–Crippen MR) is 87.1 cm³/mol. The molecule has 0 aliphatic carbocycles. The zero-order valence-corrected chi connectivity index (χ0v) is 14.6. The van der Waals surface area contributed by atoms with Crippen molar-refractivity contribution in [1.29, 1.82) is 0 Å². The average molecular weight is 374 g/mol. The summed E-state index contributed by atoms with van der Waals surface area (Å²) in [6.45, 7) is 1.14. The lowest BCUT2D eigenvalue weighted by atomic mass is 9.69. The van der Waals surface area contributed by atoms with Crippen LogP contribution in [0.3, 0.4) is 0 Å². The van der Waals surface area contributed by atoms with Gasteiger partial charge in [-0.25, -0.2) is 4.79 Å². The van der Waals surface area contributed by atoms with E-state index in [4.69, 9.17) is 18.9 Å². The van der Waals surface area contributed by atoms with E-state index in [9.17, 15) is 19.2 Å². The van der Waals surface area contributed by atoms with Crippen molar-refractivity contribution < 1.29 is 38.1 Å². The summed E-state index contributed by atoms with van der Waals surface area (Å²) >= 11 is 0. The van der Waals surface area contributed by atoms with Crippen molar-refractivity contribution in [2.24, 2.45) is 17.8 Å². The molecule has 1 aromatic carbocycles. The summed E-state index contributed by atoms with van der Waals surface area (Å²) in [7, 11) is 0. The number of hydrogen-bond donors (Lipinski definition) is 0. The first-order valence-corrected chi connectivity index (χ1v) is 8.70. The van der Waals surface area contributed by atoms with E-state index >= 15 is 0 Å². The van der Waals surface area contributed by atoms with Crippen molar-refractivity contribution >= 4 is 23.9 Å². The van der Waals surface area contributed by atoms with Gasteiger partial charge in [-0.3, -0.25) is 14.4 Å². The van der Waals surface area contributed by atoms with Crippen LogP contribution in [0.1, 0.15) is 23.7 Å². The van der Waals surface area contributed by atoms with Crippen molar-refractivity contribution in [2.45, 2.75) is 25.0 Å². The molecule has 27 heavy (non-hydrogen) atoms. The van der Waals surface area contributed by atoms with E-state index in [1.807, 2.05) is 0 Å². The van der Waals surface area contributed by atoms with Crippen LogP contribution in [0.5, 0.6) is 0 Å². The maximum Gasteiger partial charge on any atom is 0.338 e. The fourth-order valence-electron chi connectivity index (χ4n) is 4.32. The van der Waals surface area contributed by atoms with Gasteiger partial charge in [-0.15, -0.1) is 0 Å². The summed E-state index contributed by atoms with van der Waals surface area (Å²) in [6, 6.07) is 8.55. The first-order valence-electron chi connectivity index (χ1n) is 8.70. The standard InChI is InChI=1S/C19H18O8/c1-10(20)25-9-19-7-12(8-24-16(21)11-5-3-2-4-6-11)15(27-19)13-14(19)18(23)26-17(13)22/h2-6,12-15H,7-9H2,1H3/t12-,13?,14?,15+,19-/m1/s1. The Balaban J connectivity index is 1.50. The maximum atomic E-state index is 12.2. The summed E-state index contributed by atoms with van der Waals surface area (Å²) in [5, 5.41) is 0. The van der Waals surface area contributed by atoms with E-state index in [2.05, 4.69) is 0 Å². The minimum Gasteiger partial charge on any atom is -0.463 e. The topological polar surface area (TPSA) is 105 Å². The smallest absolute Gasteiger partial charge is 0.338 e. The molecule has 1 aromatic rings. The van der Waals surface area contributed by atoms with Gasteiger partial charge in [-0.05, 0) is 18.6 Å². The van der Waals surface area contributed by atoms with Gasteiger partial charge in [0.05, 0.1) is 18.3 Å². The molecule has 3 aliphatic heterocycles. The predicted octanol–water partition coefficient (Wildman–Crippen LogP) is 0.880. The van der Waals surface area contributed by atoms with Crippen LogP contribution in [-0.4, -0.2) is 48.8 Å². The monoisotopic (exact) mass is 374 g/mol. The van der Waals surface area contributed by atoms with Gasteiger partial charge in [-0.2, -0.15) is 0 Å². The number of rotatable bonds is 5. The molecule has 5 atom stereocenters. The highest BCUT2D eigenvalue weighted by atomic mass is 16.6. The second-order valence-electron chi connectivity index (χ2n) is 7.10. The van der Waals surface area contributed by atoms with Gasteiger partial charge in [0.15, 0.2) is 0 Å². The van der Waals surface area contributed by atoms with E-state index in [-0.39, 0.29) is 19.1 Å². The zero-order valence-electron chi connectivity index (χ0n) is 14.6. The lowest BCUT2D eigenvalue weighted by Crippen LogP contribution is -2.47.